The lowest BCUT2D eigenvalue weighted by Gasteiger charge is -2.30. The first-order valence-electron chi connectivity index (χ1n) is 56.4. The van der Waals surface area contributed by atoms with E-state index in [-0.39, 0.29) is 125 Å². The van der Waals surface area contributed by atoms with Crippen molar-refractivity contribution in [1.29, 1.82) is 0 Å². The number of alkyl halides is 3. The predicted molar refractivity (Wildman–Crippen MR) is 643 cm³/mol. The highest BCUT2D eigenvalue weighted by molar-refractivity contribution is 14.1. The van der Waals surface area contributed by atoms with Crippen molar-refractivity contribution in [2.24, 2.45) is 23.5 Å². The lowest BCUT2D eigenvalue weighted by Crippen LogP contribution is -2.33. The van der Waals surface area contributed by atoms with Crippen molar-refractivity contribution in [3.05, 3.63) is 285 Å². The molecule has 0 saturated heterocycles. The van der Waals surface area contributed by atoms with Crippen molar-refractivity contribution in [3.63, 3.8) is 0 Å². The molecule has 0 aliphatic carbocycles. The first-order chi connectivity index (χ1) is 78.2. The highest BCUT2D eigenvalue weighted by Crippen LogP contribution is 2.47. The van der Waals surface area contributed by atoms with Gasteiger partial charge in [0.2, 0.25) is 10.6 Å². The second-order valence-electron chi connectivity index (χ2n) is 28.2. The summed E-state index contributed by atoms with van der Waals surface area (Å²) in [5.41, 5.74) is 6.26. The van der Waals surface area contributed by atoms with Crippen molar-refractivity contribution < 1.29 is 137 Å². The normalized spacial score (nSPS) is 12.3. The topological polar surface area (TPSA) is 353 Å². The maximum atomic E-state index is 12.6. The Morgan fingerprint density at radius 2 is 0.737 bits per heavy atom. The molecule has 0 fully saturated rings. The standard InChI is InChI=1S/C22H21O2P.C21H19O2P.C18H15P.C8H17NO2.C8H15NO2.C8H17NO2.2C4H9NO.C3H5BrO2.C3H7NO2.C2H2Br2O.CH3I.CH4O.3CH4.20H2/c1-18(22(23)24-2)25(19-12-6-3-7-13-19,20-14-8-4-9-15-20)21-16-10-5-11-17-21;1-23-21(22)17-24(18-11-5-2-6-12-18,19-13-7-3-8-14-19)20-15-9-4-10-16-20;1-4-10-16(11-5-1)19(17-12-6-2-7-13-17)18-14-8-3-9-15-18;2*1-6(8(10)11-4)5-7(2)9-3;1-5(7(3)9)6(2)8(10)11-4;2*1-4(3-6)5-2;1-6-3(5)2-4;1-4-3(6)2-5;3-1-2(4)5;2*1-2;;;;;;;;;;;;;;;;;;;;;;;/h3-17H,1-2H3;2-17H,1H3;1-15H;6-7,9H,5H2,1-4H3;5,7,9H,1-4H3;5-7H,9H2,1-4H3;2*3-5H,1-2H3;2H2,1H3;5H,2H2,1H3,(H,4,6);1H2;1H3;2H,1H3;3*1H4;20*1H/b;;;;6-5+;;;;;;;;;;;;;;;;;;;;;;;;;;;;;;;/i;;;;;;;;;;;;;;;;14*1+1D;6*1+1. The van der Waals surface area contributed by atoms with Crippen LogP contribution in [0.25, 0.3) is 0 Å². The van der Waals surface area contributed by atoms with Crippen LogP contribution in [0.5, 0.6) is 0 Å². The van der Waals surface area contributed by atoms with Crippen LogP contribution in [0.1, 0.15) is 148 Å². The largest absolute Gasteiger partial charge is 0.469 e. The lowest BCUT2D eigenvalue weighted by atomic mass is 9.90. The SMILES string of the molecule is C.C.C.CI.CNC(=O)CO.CNC(C)/C=C(\C)C(=O)OC.CNC(C)C=O.CNC(C)C=O.CNC(C)CC(C)C(=O)OC.CO.COC(=O)C(C)=P(c1ccccc1)(c1ccccc1)c1ccccc1.COC(=O)C(C)C(C)C(C)N.COC(=O)C=P(c1ccccc1)(c1ccccc1)c1ccccc1.COC(=O)CBr.O=C(Br)CBr.[2HH].[2HH].[2HH].[2HH].[2HH].[2HH].[2H][2H].[2H][2H].[2H][2H].[2H][2H].[2H][2H].[2H][2H].[2H][2H].[2H][2H].[2H][2H].[2H][2H].[2H][2H].[2H][2H].[2H][2H].[2H][2H].c1ccc(P(c2ccccc2)c2ccccc2)cc1. The Balaban J connectivity index is -0.0000000534. The third kappa shape index (κ3) is 57.3. The number of aliphatic hydroxyl groups excluding tert-OH is 2. The maximum Gasteiger partial charge on any atom is 0.334 e. The number of aldehydes is 2. The molecule has 1 amide bonds. The molecule has 0 heterocycles. The van der Waals surface area contributed by atoms with Gasteiger partial charge in [-0.25, -0.2) is 14.4 Å². The molecule has 24 nitrogen and oxygen atoms in total. The zero-order valence-corrected chi connectivity index (χ0v) is 91.2. The molecule has 9 rings (SSSR count). The first-order valence-corrected chi connectivity index (χ1v) is 52.6. The number of carbonyl (C=O) groups is 10. The number of ether oxygens (including phenoxy) is 6. The lowest BCUT2D eigenvalue weighted by molar-refractivity contribution is -0.147. The number of hydrogen-bond donors (Lipinski definition) is 8. The van der Waals surface area contributed by atoms with E-state index in [1.807, 2.05) is 183 Å². The Bertz CT molecular complexity index is 4550. The molecule has 8 unspecified atom stereocenters. The van der Waals surface area contributed by atoms with Crippen molar-refractivity contribution in [3.8, 4) is 0 Å². The number of amides is 1. The van der Waals surface area contributed by atoms with E-state index >= 15 is 0 Å². The number of halogens is 4. The number of hydrogen-bond acceptors (Lipinski definition) is 23. The van der Waals surface area contributed by atoms with E-state index in [2.05, 4.69) is 280 Å². The molecule has 0 aliphatic heterocycles. The van der Waals surface area contributed by atoms with E-state index in [1.165, 1.54) is 65.6 Å². The molecule has 0 spiro atoms. The summed E-state index contributed by atoms with van der Waals surface area (Å²) in [5, 5.41) is 41.2. The van der Waals surface area contributed by atoms with Gasteiger partial charge in [0.25, 0.3) is 0 Å². The maximum absolute atomic E-state index is 12.6. The Labute approximate surface area is 911 Å². The van der Waals surface area contributed by atoms with Crippen molar-refractivity contribution in [2.45, 2.75) is 128 Å². The monoisotopic (exact) mass is 2330 g/mol. The Hall–Kier alpha value is -9.06. The van der Waals surface area contributed by atoms with E-state index in [1.54, 1.807) is 40.7 Å². The number of benzene rings is 9. The van der Waals surface area contributed by atoms with Gasteiger partial charge in [0.05, 0.1) is 71.9 Å². The molecular formula is C106H195Br3IN6O18P3. The van der Waals surface area contributed by atoms with Gasteiger partial charge in [-0.1, -0.05) is 377 Å². The van der Waals surface area contributed by atoms with Crippen LogP contribution in [-0.4, -0.2) is 218 Å². The first kappa shape index (κ1) is 113. The van der Waals surface area contributed by atoms with Crippen molar-refractivity contribution >= 4 is 210 Å². The summed E-state index contributed by atoms with van der Waals surface area (Å²) in [7, 11) is 17.7. The number of nitrogens with two attached hydrogens (primary N) is 1. The molecule has 31 heteroatoms. The third-order valence-corrected chi connectivity index (χ3v) is 31.9. The second-order valence-corrected chi connectivity index (χ2v) is 39.3. The van der Waals surface area contributed by atoms with E-state index < -0.39 is 28.3 Å². The summed E-state index contributed by atoms with van der Waals surface area (Å²) in [5.74, 6) is 0.0705. The summed E-state index contributed by atoms with van der Waals surface area (Å²) in [6.07, 6.45) is 4.37. The summed E-state index contributed by atoms with van der Waals surface area (Å²) in [4.78, 5) is 108. The second kappa shape index (κ2) is 88.4. The minimum absolute atomic E-state index is 0. The molecule has 137 heavy (non-hydrogen) atoms. The summed E-state index contributed by atoms with van der Waals surface area (Å²) in [6.45, 7) is 13.9. The number of aliphatic hydroxyl groups is 2. The number of methoxy groups -OCH3 is 6. The van der Waals surface area contributed by atoms with Crippen molar-refractivity contribution in [1.82, 2.24) is 26.6 Å². The van der Waals surface area contributed by atoms with Crippen LogP contribution in [0.4, 0.5) is 0 Å². The van der Waals surface area contributed by atoms with E-state index in [0.717, 1.165) is 63.2 Å². The Morgan fingerprint density at radius 1 is 0.445 bits per heavy atom. The van der Waals surface area contributed by atoms with Crippen LogP contribution in [-0.2, 0) is 76.4 Å². The van der Waals surface area contributed by atoms with Crippen LogP contribution in [0.15, 0.2) is 285 Å². The van der Waals surface area contributed by atoms with Gasteiger partial charge in [-0.2, -0.15) is 0 Å². The average molecular weight is 2340 g/mol. The zero-order valence-electron chi connectivity index (χ0n) is 110. The molecule has 9 aromatic rings. The summed E-state index contributed by atoms with van der Waals surface area (Å²) in [6, 6.07) is 94.4. The van der Waals surface area contributed by atoms with Gasteiger partial charge in [-0.3, -0.25) is 24.0 Å². The number of carbonyl (C=O) groups excluding carboxylic acids is 10. The van der Waals surface area contributed by atoms with E-state index in [0.29, 0.717) is 16.9 Å². The van der Waals surface area contributed by atoms with Gasteiger partial charge >= 0.3 is 35.8 Å². The molecule has 0 saturated carbocycles. The fourth-order valence-electron chi connectivity index (χ4n) is 11.1. The molecule has 8 atom stereocenters. The zero-order chi connectivity index (χ0) is 130. The summed E-state index contributed by atoms with van der Waals surface area (Å²) < 4.78 is 168. The number of esters is 6. The van der Waals surface area contributed by atoms with Crippen molar-refractivity contribution in [2.75, 3.05) is 107 Å². The summed E-state index contributed by atoms with van der Waals surface area (Å²) >= 11 is 10.7. The minimum atomic E-state index is -2.27. The third-order valence-electron chi connectivity index (χ3n) is 19.1. The predicted octanol–water partition coefficient (Wildman–Crippen LogP) is 19.7. The van der Waals surface area contributed by atoms with Gasteiger partial charge in [0, 0.05) is 99.1 Å². The van der Waals surface area contributed by atoms with Gasteiger partial charge in [-0.15, -0.1) is 0 Å². The van der Waals surface area contributed by atoms with E-state index in [9.17, 15) is 47.9 Å². The molecule has 0 aliphatic rings. The van der Waals surface area contributed by atoms with Gasteiger partial charge in [0.1, 0.15) is 24.5 Å². The van der Waals surface area contributed by atoms with Crippen LogP contribution in [0.2, 0.25) is 0 Å². The van der Waals surface area contributed by atoms with Crippen LogP contribution < -0.4 is 80.1 Å². The van der Waals surface area contributed by atoms with Crippen LogP contribution >= 0.6 is 92.1 Å². The highest BCUT2D eigenvalue weighted by atomic mass is 127. The molecule has 9 N–H and O–H groups in total. The Morgan fingerprint density at radius 3 is 0.934 bits per heavy atom. The van der Waals surface area contributed by atoms with Gasteiger partial charge < -0.3 is 80.5 Å². The highest BCUT2D eigenvalue weighted by Gasteiger charge is 2.32. The Kier molecular flexibility index (Phi) is 73.0. The fraction of sp³-hybridized carbons (Fsp3) is 0.358. The number of likely N-dealkylation sites (N-methyl/N-ethyl adjacent to an activating group) is 4. The molecule has 9 aromatic carbocycles. The average Bonchev–Trinajstić information content (AvgIpc) is 0.733. The molecule has 800 valence electrons. The number of nitrogens with one attached hydrogen (secondary N) is 5. The van der Waals surface area contributed by atoms with Gasteiger partial charge in [0.15, 0.2) is 0 Å². The van der Waals surface area contributed by atoms with Crippen LogP contribution in [0, 0.1) is 17.8 Å². The number of rotatable bonds is 28. The van der Waals surface area contributed by atoms with E-state index in [4.69, 9.17) is 67.0 Å². The molecule has 0 aromatic heterocycles. The molecule has 0 bridgehead atoms. The minimum Gasteiger partial charge on any atom is -0.469 e. The quantitative estimate of drug-likeness (QED) is 0.00330. The van der Waals surface area contributed by atoms with Crippen LogP contribution in [0.3, 0.4) is 0 Å². The molecular weight excluding hydrogens is 2100 g/mol. The van der Waals surface area contributed by atoms with Gasteiger partial charge in [-0.05, 0) is 179 Å². The smallest absolute Gasteiger partial charge is 0.334 e. The fourth-order valence-corrected chi connectivity index (χ4v) is 21.6. The molecule has 0 radical (unpaired) electrons.